The number of aliphatic hydroxyl groups excluding tert-OH is 1. The van der Waals surface area contributed by atoms with Gasteiger partial charge in [-0.3, -0.25) is 4.79 Å². The van der Waals surface area contributed by atoms with E-state index in [2.05, 4.69) is 19.2 Å². The van der Waals surface area contributed by atoms with Gasteiger partial charge in [0.1, 0.15) is 0 Å². The van der Waals surface area contributed by atoms with Crippen LogP contribution in [0.4, 0.5) is 0 Å². The average molecular weight is 261 g/mol. The lowest BCUT2D eigenvalue weighted by Crippen LogP contribution is -2.38. The van der Waals surface area contributed by atoms with Gasteiger partial charge in [0.15, 0.2) is 0 Å². The highest BCUT2D eigenvalue weighted by atomic mass is 16.3. The van der Waals surface area contributed by atoms with Gasteiger partial charge in [0.2, 0.25) is 0 Å². The molecule has 1 aliphatic carbocycles. The van der Waals surface area contributed by atoms with Crippen LogP contribution >= 0.6 is 0 Å². The standard InChI is InChI=1S/C16H23NO2/c1-11(2)12-3-5-13(6-4-12)16(19)17-14-7-9-15(18)10-8-14/h3-6,11,14-15,18H,7-10H2,1-2H3,(H,17,19). The zero-order valence-electron chi connectivity index (χ0n) is 11.7. The van der Waals surface area contributed by atoms with Crippen molar-refractivity contribution in [3.05, 3.63) is 35.4 Å². The van der Waals surface area contributed by atoms with Crippen LogP contribution in [0.3, 0.4) is 0 Å². The summed E-state index contributed by atoms with van der Waals surface area (Å²) >= 11 is 0. The second-order valence-corrected chi connectivity index (χ2v) is 5.76. The molecule has 1 fully saturated rings. The molecule has 104 valence electrons. The van der Waals surface area contributed by atoms with E-state index in [1.807, 2.05) is 24.3 Å². The Morgan fingerprint density at radius 1 is 1.16 bits per heavy atom. The minimum absolute atomic E-state index is 0.00306. The van der Waals surface area contributed by atoms with Crippen molar-refractivity contribution in [1.82, 2.24) is 5.32 Å². The van der Waals surface area contributed by atoms with Crippen molar-refractivity contribution < 1.29 is 9.90 Å². The number of nitrogens with one attached hydrogen (secondary N) is 1. The molecule has 1 amide bonds. The SMILES string of the molecule is CC(C)c1ccc(C(=O)NC2CCC(O)CC2)cc1. The van der Waals surface area contributed by atoms with Crippen molar-refractivity contribution in [3.8, 4) is 0 Å². The number of carbonyl (C=O) groups excluding carboxylic acids is 1. The maximum atomic E-state index is 12.1. The summed E-state index contributed by atoms with van der Waals surface area (Å²) in [5.41, 5.74) is 1.97. The van der Waals surface area contributed by atoms with Crippen LogP contribution in [0.5, 0.6) is 0 Å². The molecule has 0 atom stereocenters. The topological polar surface area (TPSA) is 49.3 Å². The predicted molar refractivity (Wildman–Crippen MR) is 76.3 cm³/mol. The summed E-state index contributed by atoms with van der Waals surface area (Å²) in [6, 6.07) is 8.03. The van der Waals surface area contributed by atoms with Crippen molar-refractivity contribution in [2.45, 2.75) is 57.6 Å². The van der Waals surface area contributed by atoms with E-state index >= 15 is 0 Å². The summed E-state index contributed by atoms with van der Waals surface area (Å²) in [6.45, 7) is 4.28. The quantitative estimate of drug-likeness (QED) is 0.879. The summed E-state index contributed by atoms with van der Waals surface area (Å²) in [4.78, 5) is 12.1. The van der Waals surface area contributed by atoms with Gasteiger partial charge in [-0.2, -0.15) is 0 Å². The Kier molecular flexibility index (Phi) is 4.59. The van der Waals surface area contributed by atoms with Gasteiger partial charge in [-0.1, -0.05) is 26.0 Å². The van der Waals surface area contributed by atoms with Gasteiger partial charge < -0.3 is 10.4 Å². The van der Waals surface area contributed by atoms with E-state index in [-0.39, 0.29) is 18.1 Å². The van der Waals surface area contributed by atoms with Crippen LogP contribution in [-0.4, -0.2) is 23.2 Å². The van der Waals surface area contributed by atoms with Crippen molar-refractivity contribution in [1.29, 1.82) is 0 Å². The molecular weight excluding hydrogens is 238 g/mol. The molecule has 0 saturated heterocycles. The van der Waals surface area contributed by atoms with Gasteiger partial charge in [-0.15, -0.1) is 0 Å². The molecule has 0 spiro atoms. The minimum atomic E-state index is -0.182. The molecule has 2 N–H and O–H groups in total. The first-order valence-electron chi connectivity index (χ1n) is 7.15. The van der Waals surface area contributed by atoms with Crippen LogP contribution in [0.15, 0.2) is 24.3 Å². The molecular formula is C16H23NO2. The van der Waals surface area contributed by atoms with Crippen LogP contribution in [0.25, 0.3) is 0 Å². The highest BCUT2D eigenvalue weighted by molar-refractivity contribution is 5.94. The normalized spacial score (nSPS) is 23.4. The molecule has 1 aromatic rings. The molecule has 1 saturated carbocycles. The molecule has 0 bridgehead atoms. The van der Waals surface area contributed by atoms with E-state index in [9.17, 15) is 9.90 Å². The minimum Gasteiger partial charge on any atom is -0.393 e. The van der Waals surface area contributed by atoms with E-state index in [0.29, 0.717) is 5.92 Å². The van der Waals surface area contributed by atoms with E-state index in [1.54, 1.807) is 0 Å². The summed E-state index contributed by atoms with van der Waals surface area (Å²) in [6.07, 6.45) is 3.14. The third kappa shape index (κ3) is 3.80. The van der Waals surface area contributed by atoms with Gasteiger partial charge >= 0.3 is 0 Å². The highest BCUT2D eigenvalue weighted by Gasteiger charge is 2.21. The van der Waals surface area contributed by atoms with E-state index in [1.165, 1.54) is 5.56 Å². The van der Waals surface area contributed by atoms with Crippen LogP contribution in [0.2, 0.25) is 0 Å². The van der Waals surface area contributed by atoms with Crippen molar-refractivity contribution in [3.63, 3.8) is 0 Å². The Labute approximate surface area is 115 Å². The average Bonchev–Trinajstić information content (AvgIpc) is 2.41. The molecule has 1 aromatic carbocycles. The fourth-order valence-corrected chi connectivity index (χ4v) is 2.51. The molecule has 19 heavy (non-hydrogen) atoms. The zero-order valence-corrected chi connectivity index (χ0v) is 11.7. The van der Waals surface area contributed by atoms with E-state index in [0.717, 1.165) is 31.2 Å². The highest BCUT2D eigenvalue weighted by Crippen LogP contribution is 2.19. The van der Waals surface area contributed by atoms with Gasteiger partial charge in [-0.25, -0.2) is 0 Å². The maximum absolute atomic E-state index is 12.1. The maximum Gasteiger partial charge on any atom is 0.251 e. The van der Waals surface area contributed by atoms with Crippen LogP contribution in [0.1, 0.15) is 61.4 Å². The lowest BCUT2D eigenvalue weighted by molar-refractivity contribution is 0.0867. The number of carbonyl (C=O) groups is 1. The Morgan fingerprint density at radius 3 is 2.26 bits per heavy atom. The molecule has 2 rings (SSSR count). The number of hydrogen-bond acceptors (Lipinski definition) is 2. The Hall–Kier alpha value is -1.35. The molecule has 0 aromatic heterocycles. The number of rotatable bonds is 3. The van der Waals surface area contributed by atoms with Gasteiger partial charge in [0.25, 0.3) is 5.91 Å². The summed E-state index contributed by atoms with van der Waals surface area (Å²) in [5, 5.41) is 12.5. The van der Waals surface area contributed by atoms with Gasteiger partial charge in [0, 0.05) is 11.6 Å². The number of hydrogen-bond donors (Lipinski definition) is 2. The zero-order chi connectivity index (χ0) is 13.8. The number of aliphatic hydroxyl groups is 1. The van der Waals surface area contributed by atoms with Crippen molar-refractivity contribution in [2.75, 3.05) is 0 Å². The first kappa shape index (κ1) is 14.1. The number of amides is 1. The smallest absolute Gasteiger partial charge is 0.251 e. The van der Waals surface area contributed by atoms with E-state index < -0.39 is 0 Å². The van der Waals surface area contributed by atoms with Gasteiger partial charge in [-0.05, 0) is 49.3 Å². The van der Waals surface area contributed by atoms with Crippen LogP contribution < -0.4 is 5.32 Å². The third-order valence-electron chi connectivity index (χ3n) is 3.87. The second-order valence-electron chi connectivity index (χ2n) is 5.76. The van der Waals surface area contributed by atoms with Crippen molar-refractivity contribution >= 4 is 5.91 Å². The van der Waals surface area contributed by atoms with Crippen molar-refractivity contribution in [2.24, 2.45) is 0 Å². The molecule has 1 aliphatic rings. The largest absolute Gasteiger partial charge is 0.393 e. The molecule has 0 aliphatic heterocycles. The van der Waals surface area contributed by atoms with Gasteiger partial charge in [0.05, 0.1) is 6.10 Å². The Morgan fingerprint density at radius 2 is 1.74 bits per heavy atom. The summed E-state index contributed by atoms with van der Waals surface area (Å²) in [5.74, 6) is 0.480. The monoisotopic (exact) mass is 261 g/mol. The van der Waals surface area contributed by atoms with E-state index in [4.69, 9.17) is 0 Å². The molecule has 0 radical (unpaired) electrons. The predicted octanol–water partition coefficient (Wildman–Crippen LogP) is 2.84. The first-order chi connectivity index (χ1) is 9.06. The third-order valence-corrected chi connectivity index (χ3v) is 3.87. The Bertz CT molecular complexity index is 417. The second kappa shape index (κ2) is 6.20. The molecule has 0 heterocycles. The molecule has 3 nitrogen and oxygen atoms in total. The molecule has 0 unspecified atom stereocenters. The Balaban J connectivity index is 1.92. The number of benzene rings is 1. The fourth-order valence-electron chi connectivity index (χ4n) is 2.51. The van der Waals surface area contributed by atoms with Crippen LogP contribution in [-0.2, 0) is 0 Å². The first-order valence-corrected chi connectivity index (χ1v) is 7.15. The fraction of sp³-hybridized carbons (Fsp3) is 0.562. The van der Waals surface area contributed by atoms with Crippen LogP contribution in [0, 0.1) is 0 Å². The lowest BCUT2D eigenvalue weighted by atomic mass is 9.93. The molecule has 3 heteroatoms. The summed E-state index contributed by atoms with van der Waals surface area (Å²) in [7, 11) is 0. The summed E-state index contributed by atoms with van der Waals surface area (Å²) < 4.78 is 0. The lowest BCUT2D eigenvalue weighted by Gasteiger charge is -2.26.